The Morgan fingerprint density at radius 1 is 1.28 bits per heavy atom. The van der Waals surface area contributed by atoms with Gasteiger partial charge in [0, 0.05) is 29.9 Å². The number of halogens is 2. The van der Waals surface area contributed by atoms with E-state index in [1.165, 1.54) is 5.56 Å². The average molecular weight is 327 g/mol. The van der Waals surface area contributed by atoms with E-state index in [-0.39, 0.29) is 0 Å². The van der Waals surface area contributed by atoms with Crippen LogP contribution in [0.5, 0.6) is 0 Å². The number of anilines is 2. The minimum absolute atomic E-state index is 0.762. The molecule has 0 fully saturated rings. The van der Waals surface area contributed by atoms with Gasteiger partial charge in [-0.3, -0.25) is 4.68 Å². The van der Waals surface area contributed by atoms with Gasteiger partial charge in [-0.1, -0.05) is 11.6 Å². The Balaban J connectivity index is 2.06. The summed E-state index contributed by atoms with van der Waals surface area (Å²) < 4.78 is 2.97. The van der Waals surface area contributed by atoms with Crippen LogP contribution in [0.25, 0.3) is 0 Å². The lowest BCUT2D eigenvalue weighted by molar-refractivity contribution is 0.737. The summed E-state index contributed by atoms with van der Waals surface area (Å²) in [5.41, 5.74) is 2.43. The molecule has 1 aliphatic rings. The second kappa shape index (κ2) is 4.59. The third-order valence-electron chi connectivity index (χ3n) is 3.25. The highest BCUT2D eigenvalue weighted by atomic mass is 79.9. The quantitative estimate of drug-likeness (QED) is 0.792. The maximum absolute atomic E-state index is 5.93. The molecule has 0 radical (unpaired) electrons. The number of aromatic nitrogens is 2. The Morgan fingerprint density at radius 3 is 2.72 bits per heavy atom. The van der Waals surface area contributed by atoms with Crippen LogP contribution in [0.15, 0.2) is 28.9 Å². The molecule has 1 aromatic carbocycles. The molecular weight excluding hydrogens is 314 g/mol. The zero-order valence-corrected chi connectivity index (χ0v) is 12.4. The second-order valence-electron chi connectivity index (χ2n) is 4.45. The first-order valence-corrected chi connectivity index (χ1v) is 7.08. The lowest BCUT2D eigenvalue weighted by Gasteiger charge is -2.27. The first-order chi connectivity index (χ1) is 8.66. The Labute approximate surface area is 119 Å². The van der Waals surface area contributed by atoms with Crippen LogP contribution in [0.2, 0.25) is 5.02 Å². The molecule has 0 saturated carbocycles. The zero-order chi connectivity index (χ0) is 12.7. The molecule has 0 atom stereocenters. The predicted molar refractivity (Wildman–Crippen MR) is 77.7 cm³/mol. The molecule has 3 rings (SSSR count). The Hall–Kier alpha value is -1.00. The van der Waals surface area contributed by atoms with Crippen LogP contribution < -0.4 is 4.90 Å². The summed E-state index contributed by atoms with van der Waals surface area (Å²) >= 11 is 9.53. The van der Waals surface area contributed by atoms with E-state index in [1.54, 1.807) is 0 Å². The van der Waals surface area contributed by atoms with E-state index in [0.29, 0.717) is 0 Å². The first kappa shape index (κ1) is 12.1. The molecule has 94 valence electrons. The zero-order valence-electron chi connectivity index (χ0n) is 10.0. The molecule has 0 N–H and O–H groups in total. The van der Waals surface area contributed by atoms with Crippen LogP contribution in [0.3, 0.4) is 0 Å². The van der Waals surface area contributed by atoms with Crippen molar-refractivity contribution in [2.45, 2.75) is 12.8 Å². The molecule has 0 unspecified atom stereocenters. The number of aryl methyl sites for hydroxylation is 1. The maximum atomic E-state index is 5.93. The average Bonchev–Trinajstić information content (AvgIpc) is 2.67. The molecule has 0 aliphatic carbocycles. The highest BCUT2D eigenvalue weighted by molar-refractivity contribution is 9.10. The van der Waals surface area contributed by atoms with E-state index >= 15 is 0 Å². The fourth-order valence-electron chi connectivity index (χ4n) is 2.36. The van der Waals surface area contributed by atoms with Gasteiger partial charge in [0.15, 0.2) is 5.82 Å². The lowest BCUT2D eigenvalue weighted by Crippen LogP contribution is -2.24. The van der Waals surface area contributed by atoms with Gasteiger partial charge in [0.2, 0.25) is 0 Å². The molecule has 2 aromatic rings. The maximum Gasteiger partial charge on any atom is 0.159 e. The summed E-state index contributed by atoms with van der Waals surface area (Å²) in [6, 6.07) is 7.92. The van der Waals surface area contributed by atoms with Crippen LogP contribution in [0.1, 0.15) is 12.0 Å². The summed E-state index contributed by atoms with van der Waals surface area (Å²) in [6.45, 7) is 0.998. The molecule has 0 saturated heterocycles. The van der Waals surface area contributed by atoms with Crippen molar-refractivity contribution in [3.8, 4) is 0 Å². The topological polar surface area (TPSA) is 21.1 Å². The number of hydrogen-bond acceptors (Lipinski definition) is 2. The van der Waals surface area contributed by atoms with Gasteiger partial charge >= 0.3 is 0 Å². The molecule has 0 amide bonds. The van der Waals surface area contributed by atoms with E-state index in [2.05, 4.69) is 25.9 Å². The summed E-state index contributed by atoms with van der Waals surface area (Å²) in [6.07, 6.45) is 2.22. The Kier molecular flexibility index (Phi) is 3.08. The minimum atomic E-state index is 0.762. The van der Waals surface area contributed by atoms with Crippen LogP contribution >= 0.6 is 27.5 Å². The smallest absolute Gasteiger partial charge is 0.159 e. The minimum Gasteiger partial charge on any atom is -0.325 e. The molecular formula is C13H13BrClN3. The van der Waals surface area contributed by atoms with Crippen LogP contribution in [-0.4, -0.2) is 16.3 Å². The SMILES string of the molecule is Cn1nc2c(c1Br)CCCN2c1ccc(Cl)cc1. The highest BCUT2D eigenvalue weighted by Crippen LogP contribution is 2.36. The fraction of sp³-hybridized carbons (Fsp3) is 0.308. The van der Waals surface area contributed by atoms with Crippen molar-refractivity contribution in [1.82, 2.24) is 9.78 Å². The van der Waals surface area contributed by atoms with Crippen molar-refractivity contribution < 1.29 is 0 Å². The fourth-order valence-corrected chi connectivity index (χ4v) is 2.94. The highest BCUT2D eigenvalue weighted by Gasteiger charge is 2.24. The van der Waals surface area contributed by atoms with Gasteiger partial charge in [-0.05, 0) is 53.0 Å². The van der Waals surface area contributed by atoms with Gasteiger partial charge < -0.3 is 4.90 Å². The number of rotatable bonds is 1. The number of nitrogens with zero attached hydrogens (tertiary/aromatic N) is 3. The van der Waals surface area contributed by atoms with Crippen molar-refractivity contribution in [3.05, 3.63) is 39.5 Å². The van der Waals surface area contributed by atoms with E-state index in [9.17, 15) is 0 Å². The van der Waals surface area contributed by atoms with Crippen molar-refractivity contribution in [1.29, 1.82) is 0 Å². The van der Waals surface area contributed by atoms with Gasteiger partial charge in [0.25, 0.3) is 0 Å². The predicted octanol–water partition coefficient (Wildman–Crippen LogP) is 3.92. The Morgan fingerprint density at radius 2 is 2.00 bits per heavy atom. The van der Waals surface area contributed by atoms with Gasteiger partial charge in [-0.25, -0.2) is 0 Å². The number of fused-ring (bicyclic) bond motifs is 1. The molecule has 2 heterocycles. The summed E-state index contributed by atoms with van der Waals surface area (Å²) in [7, 11) is 1.96. The molecule has 1 aromatic heterocycles. The summed E-state index contributed by atoms with van der Waals surface area (Å²) in [4.78, 5) is 2.25. The Bertz CT molecular complexity index is 577. The van der Waals surface area contributed by atoms with E-state index in [4.69, 9.17) is 11.6 Å². The lowest BCUT2D eigenvalue weighted by atomic mass is 10.1. The largest absolute Gasteiger partial charge is 0.325 e. The van der Waals surface area contributed by atoms with Gasteiger partial charge in [0.05, 0.1) is 0 Å². The summed E-state index contributed by atoms with van der Waals surface area (Å²) in [5, 5.41) is 5.36. The van der Waals surface area contributed by atoms with E-state index < -0.39 is 0 Å². The first-order valence-electron chi connectivity index (χ1n) is 5.91. The van der Waals surface area contributed by atoms with Crippen molar-refractivity contribution in [3.63, 3.8) is 0 Å². The number of hydrogen-bond donors (Lipinski definition) is 0. The molecule has 0 spiro atoms. The normalized spacial score (nSPS) is 14.7. The molecule has 18 heavy (non-hydrogen) atoms. The van der Waals surface area contributed by atoms with E-state index in [1.807, 2.05) is 36.0 Å². The molecule has 0 bridgehead atoms. The summed E-state index contributed by atoms with van der Waals surface area (Å²) in [5.74, 6) is 1.05. The number of benzene rings is 1. The van der Waals surface area contributed by atoms with Crippen molar-refractivity contribution >= 4 is 39.0 Å². The van der Waals surface area contributed by atoms with E-state index in [0.717, 1.165) is 40.5 Å². The van der Waals surface area contributed by atoms with Gasteiger partial charge in [-0.15, -0.1) is 0 Å². The van der Waals surface area contributed by atoms with Gasteiger partial charge in [-0.2, -0.15) is 5.10 Å². The molecule has 5 heteroatoms. The van der Waals surface area contributed by atoms with Crippen LogP contribution in [-0.2, 0) is 13.5 Å². The van der Waals surface area contributed by atoms with Crippen molar-refractivity contribution in [2.24, 2.45) is 7.05 Å². The third-order valence-corrected chi connectivity index (χ3v) is 4.49. The van der Waals surface area contributed by atoms with Crippen molar-refractivity contribution in [2.75, 3.05) is 11.4 Å². The third kappa shape index (κ3) is 1.93. The van der Waals surface area contributed by atoms with Crippen LogP contribution in [0.4, 0.5) is 11.5 Å². The molecule has 1 aliphatic heterocycles. The second-order valence-corrected chi connectivity index (χ2v) is 5.64. The monoisotopic (exact) mass is 325 g/mol. The molecule has 3 nitrogen and oxygen atoms in total. The van der Waals surface area contributed by atoms with Gasteiger partial charge in [0.1, 0.15) is 4.60 Å². The van der Waals surface area contributed by atoms with Crippen LogP contribution in [0, 0.1) is 0 Å². The standard InChI is InChI=1S/C13H13BrClN3/c1-17-12(14)11-3-2-8-18(13(11)16-17)10-6-4-9(15)5-7-10/h4-7H,2-3,8H2,1H3.